The van der Waals surface area contributed by atoms with Crippen LogP contribution in [-0.2, 0) is 5.75 Å². The molecule has 3 rings (SSSR count). The first-order valence-corrected chi connectivity index (χ1v) is 8.09. The Labute approximate surface area is 139 Å². The number of hydrogen-bond donors (Lipinski definition) is 1. The van der Waals surface area contributed by atoms with Crippen molar-refractivity contribution in [2.24, 2.45) is 0 Å². The second-order valence-corrected chi connectivity index (χ2v) is 5.78. The molecule has 0 atom stereocenters. The topological polar surface area (TPSA) is 60.0 Å². The number of nitrogens with one attached hydrogen (secondary N) is 1. The molecule has 0 aliphatic rings. The van der Waals surface area contributed by atoms with Gasteiger partial charge in [0.15, 0.2) is 5.82 Å². The van der Waals surface area contributed by atoms with E-state index in [9.17, 15) is 0 Å². The highest BCUT2D eigenvalue weighted by atomic mass is 32.2. The third kappa shape index (κ3) is 3.84. The van der Waals surface area contributed by atoms with E-state index in [0.29, 0.717) is 22.5 Å². The Morgan fingerprint density at radius 1 is 1.00 bits per heavy atom. The zero-order valence-corrected chi connectivity index (χ0v) is 13.8. The van der Waals surface area contributed by atoms with Gasteiger partial charge in [-0.3, -0.25) is 5.10 Å². The molecule has 0 amide bonds. The molecule has 6 heteroatoms. The Bertz CT molecular complexity index is 752. The van der Waals surface area contributed by atoms with Crippen LogP contribution < -0.4 is 9.47 Å². The van der Waals surface area contributed by atoms with Gasteiger partial charge in [-0.25, -0.2) is 4.98 Å². The lowest BCUT2D eigenvalue weighted by molar-refractivity contribution is 0.394. The number of aromatic nitrogens is 3. The van der Waals surface area contributed by atoms with Gasteiger partial charge in [0.1, 0.15) is 11.5 Å². The average Bonchev–Trinajstić information content (AvgIpc) is 3.09. The van der Waals surface area contributed by atoms with E-state index in [4.69, 9.17) is 9.47 Å². The molecule has 0 spiro atoms. The van der Waals surface area contributed by atoms with Crippen molar-refractivity contribution >= 4 is 11.8 Å². The van der Waals surface area contributed by atoms with Crippen LogP contribution >= 0.6 is 11.8 Å². The minimum atomic E-state index is 0.692. The molecule has 1 heterocycles. The van der Waals surface area contributed by atoms with Gasteiger partial charge in [0.25, 0.3) is 0 Å². The summed E-state index contributed by atoms with van der Waals surface area (Å²) in [6, 6.07) is 15.9. The van der Waals surface area contributed by atoms with Crippen LogP contribution in [-0.4, -0.2) is 29.4 Å². The Morgan fingerprint density at radius 2 is 1.70 bits per heavy atom. The van der Waals surface area contributed by atoms with E-state index in [1.807, 2.05) is 36.4 Å². The van der Waals surface area contributed by atoms with Gasteiger partial charge in [0.2, 0.25) is 5.16 Å². The molecule has 3 aromatic rings. The van der Waals surface area contributed by atoms with Gasteiger partial charge in [-0.2, -0.15) is 0 Å². The first kappa shape index (κ1) is 15.4. The van der Waals surface area contributed by atoms with Crippen LogP contribution in [0.5, 0.6) is 11.5 Å². The van der Waals surface area contributed by atoms with Crippen molar-refractivity contribution < 1.29 is 9.47 Å². The molecule has 0 bridgehead atoms. The van der Waals surface area contributed by atoms with Crippen LogP contribution in [0.3, 0.4) is 0 Å². The summed E-state index contributed by atoms with van der Waals surface area (Å²) in [6.45, 7) is 0. The molecule has 0 fully saturated rings. The monoisotopic (exact) mass is 327 g/mol. The molecule has 1 aromatic heterocycles. The molecule has 118 valence electrons. The summed E-state index contributed by atoms with van der Waals surface area (Å²) in [4.78, 5) is 4.53. The summed E-state index contributed by atoms with van der Waals surface area (Å²) in [5.41, 5.74) is 2.12. The normalized spacial score (nSPS) is 10.5. The first-order valence-electron chi connectivity index (χ1n) is 7.11. The lowest BCUT2D eigenvalue weighted by Crippen LogP contribution is -1.89. The molecule has 0 aliphatic heterocycles. The third-order valence-electron chi connectivity index (χ3n) is 3.30. The average molecular weight is 327 g/mol. The second kappa shape index (κ2) is 7.19. The van der Waals surface area contributed by atoms with Gasteiger partial charge >= 0.3 is 0 Å². The molecule has 0 radical (unpaired) electrons. The number of thioether (sulfide) groups is 1. The van der Waals surface area contributed by atoms with E-state index in [0.717, 1.165) is 11.3 Å². The highest BCUT2D eigenvalue weighted by molar-refractivity contribution is 7.98. The quantitative estimate of drug-likeness (QED) is 0.698. The predicted molar refractivity (Wildman–Crippen MR) is 90.9 cm³/mol. The molecule has 23 heavy (non-hydrogen) atoms. The van der Waals surface area contributed by atoms with Crippen molar-refractivity contribution in [2.45, 2.75) is 10.9 Å². The van der Waals surface area contributed by atoms with Crippen LogP contribution in [0.1, 0.15) is 5.56 Å². The van der Waals surface area contributed by atoms with Crippen molar-refractivity contribution in [1.29, 1.82) is 0 Å². The standard InChI is InChI=1S/C17H17N3O2S/c1-21-14-8-13(9-15(10-14)22-2)16-18-17(20-19-16)23-11-12-6-4-3-5-7-12/h3-10H,11H2,1-2H3,(H,18,19,20). The Balaban J connectivity index is 1.76. The molecule has 1 N–H and O–H groups in total. The van der Waals surface area contributed by atoms with E-state index < -0.39 is 0 Å². The van der Waals surface area contributed by atoms with Crippen molar-refractivity contribution in [3.63, 3.8) is 0 Å². The summed E-state index contributed by atoms with van der Waals surface area (Å²) in [5, 5.41) is 7.95. The number of methoxy groups -OCH3 is 2. The SMILES string of the molecule is COc1cc(OC)cc(-c2nc(SCc3ccccc3)n[nH]2)c1. The van der Waals surface area contributed by atoms with E-state index in [1.165, 1.54) is 5.56 Å². The number of nitrogens with zero attached hydrogens (tertiary/aromatic N) is 2. The minimum Gasteiger partial charge on any atom is -0.497 e. The number of rotatable bonds is 6. The molecular formula is C17H17N3O2S. The molecule has 0 aliphatic carbocycles. The van der Waals surface area contributed by atoms with Crippen LogP contribution in [0.15, 0.2) is 53.7 Å². The number of ether oxygens (including phenoxy) is 2. The van der Waals surface area contributed by atoms with Crippen molar-refractivity contribution in [3.8, 4) is 22.9 Å². The maximum Gasteiger partial charge on any atom is 0.209 e. The largest absolute Gasteiger partial charge is 0.497 e. The minimum absolute atomic E-state index is 0.692. The summed E-state index contributed by atoms with van der Waals surface area (Å²) in [5.74, 6) is 2.96. The Hall–Kier alpha value is -2.47. The summed E-state index contributed by atoms with van der Waals surface area (Å²) in [7, 11) is 3.25. The van der Waals surface area contributed by atoms with Gasteiger partial charge in [-0.1, -0.05) is 42.1 Å². The molecular weight excluding hydrogens is 310 g/mol. The molecule has 0 saturated carbocycles. The lowest BCUT2D eigenvalue weighted by Gasteiger charge is -2.06. The fraction of sp³-hybridized carbons (Fsp3) is 0.176. The van der Waals surface area contributed by atoms with E-state index in [2.05, 4.69) is 27.3 Å². The molecule has 5 nitrogen and oxygen atoms in total. The van der Waals surface area contributed by atoms with Crippen LogP contribution in [0, 0.1) is 0 Å². The van der Waals surface area contributed by atoms with Crippen molar-refractivity contribution in [3.05, 3.63) is 54.1 Å². The first-order chi connectivity index (χ1) is 11.3. The van der Waals surface area contributed by atoms with E-state index in [1.54, 1.807) is 26.0 Å². The lowest BCUT2D eigenvalue weighted by atomic mass is 10.2. The number of aromatic amines is 1. The zero-order valence-electron chi connectivity index (χ0n) is 12.9. The highest BCUT2D eigenvalue weighted by Crippen LogP contribution is 2.29. The van der Waals surface area contributed by atoms with Gasteiger partial charge in [-0.05, 0) is 17.7 Å². The van der Waals surface area contributed by atoms with Crippen molar-refractivity contribution in [2.75, 3.05) is 14.2 Å². The van der Waals surface area contributed by atoms with Crippen LogP contribution in [0.25, 0.3) is 11.4 Å². The van der Waals surface area contributed by atoms with Crippen molar-refractivity contribution in [1.82, 2.24) is 15.2 Å². The predicted octanol–water partition coefficient (Wildman–Crippen LogP) is 3.78. The Morgan fingerprint density at radius 3 is 2.35 bits per heavy atom. The number of H-pyrrole nitrogens is 1. The summed E-state index contributed by atoms with van der Waals surface area (Å²) >= 11 is 1.59. The summed E-state index contributed by atoms with van der Waals surface area (Å²) in [6.07, 6.45) is 0. The third-order valence-corrected chi connectivity index (χ3v) is 4.22. The molecule has 2 aromatic carbocycles. The zero-order chi connectivity index (χ0) is 16.1. The molecule has 0 saturated heterocycles. The van der Waals surface area contributed by atoms with Gasteiger partial charge < -0.3 is 9.47 Å². The van der Waals surface area contributed by atoms with E-state index >= 15 is 0 Å². The van der Waals surface area contributed by atoms with Gasteiger partial charge in [-0.15, -0.1) is 5.10 Å². The molecule has 0 unspecified atom stereocenters. The van der Waals surface area contributed by atoms with E-state index in [-0.39, 0.29) is 0 Å². The number of benzene rings is 2. The Kier molecular flexibility index (Phi) is 4.83. The smallest absolute Gasteiger partial charge is 0.209 e. The van der Waals surface area contributed by atoms with Gasteiger partial charge in [0.05, 0.1) is 14.2 Å². The fourth-order valence-electron chi connectivity index (χ4n) is 2.11. The van der Waals surface area contributed by atoms with Crippen LogP contribution in [0.4, 0.5) is 0 Å². The van der Waals surface area contributed by atoms with Crippen LogP contribution in [0.2, 0.25) is 0 Å². The fourth-order valence-corrected chi connectivity index (χ4v) is 2.86. The number of hydrogen-bond acceptors (Lipinski definition) is 5. The maximum absolute atomic E-state index is 5.28. The maximum atomic E-state index is 5.28. The highest BCUT2D eigenvalue weighted by Gasteiger charge is 2.09. The van der Waals surface area contributed by atoms with Gasteiger partial charge in [0, 0.05) is 17.4 Å². The second-order valence-electron chi connectivity index (χ2n) is 4.84. The summed E-state index contributed by atoms with van der Waals surface area (Å²) < 4.78 is 10.6.